The zero-order valence-electron chi connectivity index (χ0n) is 15.9. The highest BCUT2D eigenvalue weighted by atomic mass is 16.2. The number of hydrogen-bond donors (Lipinski definition) is 0. The Hall–Kier alpha value is -2.63. The summed E-state index contributed by atoms with van der Waals surface area (Å²) in [6, 6.07) is 8.96. The number of carbonyl (C=O) groups excluding carboxylic acids is 2. The predicted octanol–water partition coefficient (Wildman–Crippen LogP) is 1.78. The molecule has 3 heterocycles. The second kappa shape index (κ2) is 6.51. The van der Waals surface area contributed by atoms with Gasteiger partial charge in [0.1, 0.15) is 6.54 Å². The molecule has 27 heavy (non-hydrogen) atoms. The quantitative estimate of drug-likeness (QED) is 0.813. The molecule has 0 saturated carbocycles. The molecular weight excluding hydrogens is 342 g/mol. The molecule has 2 fully saturated rings. The van der Waals surface area contributed by atoms with Gasteiger partial charge in [0.15, 0.2) is 5.43 Å². The summed E-state index contributed by atoms with van der Waals surface area (Å²) in [5, 5.41) is 0.623. The summed E-state index contributed by atoms with van der Waals surface area (Å²) in [5.41, 5.74) is 1.12. The fourth-order valence-electron chi connectivity index (χ4n) is 4.63. The van der Waals surface area contributed by atoms with Gasteiger partial charge in [-0.2, -0.15) is 0 Å². The van der Waals surface area contributed by atoms with Gasteiger partial charge in [-0.3, -0.25) is 14.4 Å². The van der Waals surface area contributed by atoms with Crippen LogP contribution in [-0.4, -0.2) is 52.9 Å². The molecule has 0 radical (unpaired) electrons. The van der Waals surface area contributed by atoms with E-state index in [0.717, 1.165) is 37.0 Å². The van der Waals surface area contributed by atoms with Crippen LogP contribution in [0.25, 0.3) is 10.9 Å². The standard InChI is InChI=1S/C21H25N3O3/c1-15-12-18(25)16-6-3-4-7-17(16)24(15)13-19(26)23-11-9-21(14-23)8-5-10-22(2)20(21)27/h3-4,6-7,12H,5,8-11,13-14H2,1-2H3/t21-/m0/s1. The summed E-state index contributed by atoms with van der Waals surface area (Å²) < 4.78 is 1.90. The van der Waals surface area contributed by atoms with Crippen LogP contribution in [0.5, 0.6) is 0 Å². The van der Waals surface area contributed by atoms with Crippen molar-refractivity contribution in [1.29, 1.82) is 0 Å². The van der Waals surface area contributed by atoms with Gasteiger partial charge in [0.2, 0.25) is 11.8 Å². The molecule has 1 aromatic carbocycles. The van der Waals surface area contributed by atoms with E-state index < -0.39 is 5.41 Å². The minimum Gasteiger partial charge on any atom is -0.345 e. The minimum absolute atomic E-state index is 0.00445. The molecule has 2 saturated heterocycles. The molecule has 2 aliphatic rings. The second-order valence-corrected chi connectivity index (χ2v) is 7.93. The Morgan fingerprint density at radius 2 is 1.93 bits per heavy atom. The molecule has 0 bridgehead atoms. The van der Waals surface area contributed by atoms with Crippen molar-refractivity contribution in [2.45, 2.75) is 32.7 Å². The fourth-order valence-corrected chi connectivity index (χ4v) is 4.63. The van der Waals surface area contributed by atoms with Crippen LogP contribution in [0.1, 0.15) is 25.0 Å². The van der Waals surface area contributed by atoms with Crippen LogP contribution in [0.3, 0.4) is 0 Å². The van der Waals surface area contributed by atoms with Crippen molar-refractivity contribution in [2.75, 3.05) is 26.7 Å². The molecule has 142 valence electrons. The van der Waals surface area contributed by atoms with E-state index in [1.807, 2.05) is 41.6 Å². The SMILES string of the molecule is Cc1cc(=O)c2ccccc2n1CC(=O)N1CC[C@@]2(CCCN(C)C2=O)C1. The molecule has 0 aliphatic carbocycles. The number of likely N-dealkylation sites (tertiary alicyclic amines) is 2. The predicted molar refractivity (Wildman–Crippen MR) is 103 cm³/mol. The number of hydrogen-bond acceptors (Lipinski definition) is 3. The molecule has 6 heteroatoms. The van der Waals surface area contributed by atoms with Crippen LogP contribution >= 0.6 is 0 Å². The molecule has 0 N–H and O–H groups in total. The highest BCUT2D eigenvalue weighted by molar-refractivity contribution is 5.86. The summed E-state index contributed by atoms with van der Waals surface area (Å²) >= 11 is 0. The number of rotatable bonds is 2. The summed E-state index contributed by atoms with van der Waals surface area (Å²) in [7, 11) is 1.85. The lowest BCUT2D eigenvalue weighted by Gasteiger charge is -2.37. The summed E-state index contributed by atoms with van der Waals surface area (Å²) in [6.07, 6.45) is 2.60. The van der Waals surface area contributed by atoms with Gasteiger partial charge in [0, 0.05) is 43.8 Å². The molecule has 1 aromatic heterocycles. The van der Waals surface area contributed by atoms with E-state index in [1.54, 1.807) is 17.0 Å². The van der Waals surface area contributed by atoms with Crippen molar-refractivity contribution in [1.82, 2.24) is 14.4 Å². The first-order valence-corrected chi connectivity index (χ1v) is 9.54. The number of aryl methyl sites for hydroxylation is 1. The average Bonchev–Trinajstić information content (AvgIpc) is 3.08. The Morgan fingerprint density at radius 3 is 2.74 bits per heavy atom. The Kier molecular flexibility index (Phi) is 4.29. The molecule has 4 rings (SSSR count). The van der Waals surface area contributed by atoms with E-state index in [2.05, 4.69) is 0 Å². The number of piperidine rings is 1. The smallest absolute Gasteiger partial charge is 0.242 e. The lowest BCUT2D eigenvalue weighted by atomic mass is 9.78. The van der Waals surface area contributed by atoms with Crippen molar-refractivity contribution in [3.8, 4) is 0 Å². The number of amides is 2. The van der Waals surface area contributed by atoms with Crippen LogP contribution in [-0.2, 0) is 16.1 Å². The Balaban J connectivity index is 1.58. The van der Waals surface area contributed by atoms with Crippen molar-refractivity contribution in [2.24, 2.45) is 5.41 Å². The molecule has 1 atom stereocenters. The average molecular weight is 367 g/mol. The molecule has 6 nitrogen and oxygen atoms in total. The maximum atomic E-state index is 13.0. The normalized spacial score (nSPS) is 22.8. The minimum atomic E-state index is -0.399. The Bertz CT molecular complexity index is 980. The summed E-state index contributed by atoms with van der Waals surface area (Å²) in [6.45, 7) is 3.97. The largest absolute Gasteiger partial charge is 0.345 e. The molecule has 2 aromatic rings. The van der Waals surface area contributed by atoms with Gasteiger partial charge < -0.3 is 14.4 Å². The third-order valence-corrected chi connectivity index (χ3v) is 6.18. The van der Waals surface area contributed by atoms with Gasteiger partial charge in [-0.05, 0) is 38.3 Å². The number of carbonyl (C=O) groups is 2. The Morgan fingerprint density at radius 1 is 1.15 bits per heavy atom. The monoisotopic (exact) mass is 367 g/mol. The van der Waals surface area contributed by atoms with Crippen molar-refractivity contribution in [3.63, 3.8) is 0 Å². The van der Waals surface area contributed by atoms with Crippen LogP contribution in [0.4, 0.5) is 0 Å². The second-order valence-electron chi connectivity index (χ2n) is 7.93. The zero-order chi connectivity index (χ0) is 19.2. The number of para-hydroxylation sites is 1. The lowest BCUT2D eigenvalue weighted by Crippen LogP contribution is -2.48. The van der Waals surface area contributed by atoms with Crippen molar-refractivity contribution >= 4 is 22.7 Å². The number of aromatic nitrogens is 1. The number of benzene rings is 1. The van der Waals surface area contributed by atoms with Crippen LogP contribution in [0.2, 0.25) is 0 Å². The van der Waals surface area contributed by atoms with Gasteiger partial charge in [-0.1, -0.05) is 12.1 Å². The van der Waals surface area contributed by atoms with E-state index >= 15 is 0 Å². The zero-order valence-corrected chi connectivity index (χ0v) is 15.9. The van der Waals surface area contributed by atoms with Crippen LogP contribution in [0.15, 0.2) is 35.1 Å². The van der Waals surface area contributed by atoms with Gasteiger partial charge >= 0.3 is 0 Å². The number of pyridine rings is 1. The van der Waals surface area contributed by atoms with Gasteiger partial charge in [0.25, 0.3) is 0 Å². The van der Waals surface area contributed by atoms with E-state index in [4.69, 9.17) is 0 Å². The first-order valence-electron chi connectivity index (χ1n) is 9.54. The maximum absolute atomic E-state index is 13.0. The first-order chi connectivity index (χ1) is 12.9. The van der Waals surface area contributed by atoms with Crippen molar-refractivity contribution < 1.29 is 9.59 Å². The van der Waals surface area contributed by atoms with Crippen molar-refractivity contribution in [3.05, 3.63) is 46.2 Å². The van der Waals surface area contributed by atoms with E-state index in [9.17, 15) is 14.4 Å². The highest BCUT2D eigenvalue weighted by Crippen LogP contribution is 2.39. The van der Waals surface area contributed by atoms with Gasteiger partial charge in [-0.15, -0.1) is 0 Å². The molecular formula is C21H25N3O3. The third-order valence-electron chi connectivity index (χ3n) is 6.18. The lowest BCUT2D eigenvalue weighted by molar-refractivity contribution is -0.144. The van der Waals surface area contributed by atoms with Crippen LogP contribution in [0, 0.1) is 12.3 Å². The van der Waals surface area contributed by atoms with E-state index in [-0.39, 0.29) is 23.8 Å². The van der Waals surface area contributed by atoms with Gasteiger partial charge in [0.05, 0.1) is 10.9 Å². The fraction of sp³-hybridized carbons (Fsp3) is 0.476. The highest BCUT2D eigenvalue weighted by Gasteiger charge is 2.48. The summed E-state index contributed by atoms with van der Waals surface area (Å²) in [4.78, 5) is 41.5. The van der Waals surface area contributed by atoms with Gasteiger partial charge in [-0.25, -0.2) is 0 Å². The molecule has 1 spiro atoms. The number of fused-ring (bicyclic) bond motifs is 1. The first kappa shape index (κ1) is 17.8. The molecule has 2 amide bonds. The van der Waals surface area contributed by atoms with E-state index in [0.29, 0.717) is 18.5 Å². The summed E-state index contributed by atoms with van der Waals surface area (Å²) in [5.74, 6) is 0.179. The maximum Gasteiger partial charge on any atom is 0.242 e. The molecule has 0 unspecified atom stereocenters. The van der Waals surface area contributed by atoms with E-state index in [1.165, 1.54) is 0 Å². The number of nitrogens with zero attached hydrogens (tertiary/aromatic N) is 3. The molecule has 2 aliphatic heterocycles. The van der Waals surface area contributed by atoms with Crippen LogP contribution < -0.4 is 5.43 Å². The topological polar surface area (TPSA) is 62.6 Å². The third kappa shape index (κ3) is 2.93. The Labute approximate surface area is 158 Å².